The Balaban J connectivity index is 2.16. The molecule has 0 spiro atoms. The number of benzene rings is 1. The van der Waals surface area contributed by atoms with Gasteiger partial charge in [0, 0.05) is 11.0 Å². The van der Waals surface area contributed by atoms with Crippen LogP contribution < -0.4 is 11.3 Å². The van der Waals surface area contributed by atoms with Crippen molar-refractivity contribution in [3.05, 3.63) is 42.2 Å². The SMILES string of the molecule is Cc1ccc(Sc2cc(NN)ncn2)cc1. The molecule has 0 amide bonds. The van der Waals surface area contributed by atoms with Gasteiger partial charge in [-0.05, 0) is 19.1 Å². The summed E-state index contributed by atoms with van der Waals surface area (Å²) in [5.41, 5.74) is 3.74. The van der Waals surface area contributed by atoms with Gasteiger partial charge in [-0.2, -0.15) is 0 Å². The van der Waals surface area contributed by atoms with E-state index >= 15 is 0 Å². The summed E-state index contributed by atoms with van der Waals surface area (Å²) in [5.74, 6) is 5.90. The molecule has 0 atom stereocenters. The summed E-state index contributed by atoms with van der Waals surface area (Å²) in [6, 6.07) is 10.1. The summed E-state index contributed by atoms with van der Waals surface area (Å²) < 4.78 is 0. The van der Waals surface area contributed by atoms with Crippen LogP contribution >= 0.6 is 11.8 Å². The number of anilines is 1. The van der Waals surface area contributed by atoms with Gasteiger partial charge in [0.05, 0.1) is 0 Å². The zero-order chi connectivity index (χ0) is 11.4. The second kappa shape index (κ2) is 4.96. The first-order valence-corrected chi connectivity index (χ1v) is 5.63. The molecule has 82 valence electrons. The average molecular weight is 232 g/mol. The number of nitrogen functional groups attached to an aromatic ring is 1. The fourth-order valence-corrected chi connectivity index (χ4v) is 1.99. The molecule has 1 aromatic heterocycles. The zero-order valence-corrected chi connectivity index (χ0v) is 9.66. The van der Waals surface area contributed by atoms with E-state index in [0.717, 1.165) is 9.92 Å². The molecule has 2 aromatic rings. The highest BCUT2D eigenvalue weighted by molar-refractivity contribution is 7.99. The molecule has 3 N–H and O–H groups in total. The maximum atomic E-state index is 5.28. The molecule has 0 unspecified atom stereocenters. The van der Waals surface area contributed by atoms with E-state index in [9.17, 15) is 0 Å². The Morgan fingerprint density at radius 3 is 2.62 bits per heavy atom. The maximum Gasteiger partial charge on any atom is 0.144 e. The predicted molar refractivity (Wildman–Crippen MR) is 65.1 cm³/mol. The largest absolute Gasteiger partial charge is 0.308 e. The molecule has 0 saturated carbocycles. The predicted octanol–water partition coefficient (Wildman–Crippen LogP) is 2.22. The second-order valence-electron chi connectivity index (χ2n) is 3.30. The summed E-state index contributed by atoms with van der Waals surface area (Å²) in [6.07, 6.45) is 1.49. The third-order valence-corrected chi connectivity index (χ3v) is 2.97. The number of nitrogens with two attached hydrogens (primary N) is 1. The summed E-state index contributed by atoms with van der Waals surface area (Å²) in [6.45, 7) is 2.07. The third kappa shape index (κ3) is 2.71. The Bertz CT molecular complexity index is 470. The van der Waals surface area contributed by atoms with Crippen molar-refractivity contribution in [2.45, 2.75) is 16.8 Å². The number of aromatic nitrogens is 2. The Morgan fingerprint density at radius 2 is 1.94 bits per heavy atom. The van der Waals surface area contributed by atoms with E-state index in [4.69, 9.17) is 5.84 Å². The highest BCUT2D eigenvalue weighted by Crippen LogP contribution is 2.26. The van der Waals surface area contributed by atoms with Gasteiger partial charge in [0.1, 0.15) is 17.2 Å². The summed E-state index contributed by atoms with van der Waals surface area (Å²) >= 11 is 1.58. The summed E-state index contributed by atoms with van der Waals surface area (Å²) in [7, 11) is 0. The molecular formula is C11H12N4S. The lowest BCUT2D eigenvalue weighted by atomic mass is 10.2. The minimum absolute atomic E-state index is 0.615. The molecule has 0 radical (unpaired) electrons. The van der Waals surface area contributed by atoms with Crippen LogP contribution in [0.4, 0.5) is 5.82 Å². The van der Waals surface area contributed by atoms with E-state index in [-0.39, 0.29) is 0 Å². The lowest BCUT2D eigenvalue weighted by Gasteiger charge is -2.03. The van der Waals surface area contributed by atoms with Crippen molar-refractivity contribution >= 4 is 17.6 Å². The molecule has 0 bridgehead atoms. The van der Waals surface area contributed by atoms with Gasteiger partial charge >= 0.3 is 0 Å². The first-order chi connectivity index (χ1) is 7.78. The van der Waals surface area contributed by atoms with E-state index in [1.54, 1.807) is 11.8 Å². The van der Waals surface area contributed by atoms with Crippen LogP contribution in [0.5, 0.6) is 0 Å². The Morgan fingerprint density at radius 1 is 1.19 bits per heavy atom. The van der Waals surface area contributed by atoms with Crippen molar-refractivity contribution in [2.24, 2.45) is 5.84 Å². The number of hydrazine groups is 1. The number of hydrogen-bond acceptors (Lipinski definition) is 5. The molecular weight excluding hydrogens is 220 g/mol. The lowest BCUT2D eigenvalue weighted by Crippen LogP contribution is -2.08. The van der Waals surface area contributed by atoms with Crippen LogP contribution in [0, 0.1) is 6.92 Å². The standard InChI is InChI=1S/C11H12N4S/c1-8-2-4-9(5-3-8)16-11-6-10(15-12)13-7-14-11/h2-7H,12H2,1H3,(H,13,14,15). The van der Waals surface area contributed by atoms with Crippen molar-refractivity contribution < 1.29 is 0 Å². The first-order valence-electron chi connectivity index (χ1n) is 4.81. The normalized spacial score (nSPS) is 10.1. The molecule has 4 nitrogen and oxygen atoms in total. The molecule has 0 saturated heterocycles. The molecule has 2 rings (SSSR count). The van der Waals surface area contributed by atoms with E-state index in [1.165, 1.54) is 11.9 Å². The zero-order valence-electron chi connectivity index (χ0n) is 8.84. The van der Waals surface area contributed by atoms with Crippen molar-refractivity contribution in [1.29, 1.82) is 0 Å². The Hall–Kier alpha value is -1.59. The molecule has 5 heteroatoms. The number of aryl methyl sites for hydroxylation is 1. The van der Waals surface area contributed by atoms with E-state index < -0.39 is 0 Å². The molecule has 0 aliphatic carbocycles. The number of nitrogens with one attached hydrogen (secondary N) is 1. The average Bonchev–Trinajstić information content (AvgIpc) is 2.32. The van der Waals surface area contributed by atoms with Gasteiger partial charge in [0.25, 0.3) is 0 Å². The molecule has 0 aliphatic rings. The number of hydrogen-bond donors (Lipinski definition) is 2. The van der Waals surface area contributed by atoms with Crippen LogP contribution in [0.1, 0.15) is 5.56 Å². The fraction of sp³-hybridized carbons (Fsp3) is 0.0909. The number of rotatable bonds is 3. The van der Waals surface area contributed by atoms with Crippen LogP contribution in [0.2, 0.25) is 0 Å². The molecule has 1 aromatic carbocycles. The van der Waals surface area contributed by atoms with E-state index in [2.05, 4.69) is 46.6 Å². The molecule has 0 aliphatic heterocycles. The van der Waals surface area contributed by atoms with Crippen molar-refractivity contribution in [2.75, 3.05) is 5.43 Å². The fourth-order valence-electron chi connectivity index (χ4n) is 1.20. The second-order valence-corrected chi connectivity index (χ2v) is 4.39. The Labute approximate surface area is 98.3 Å². The van der Waals surface area contributed by atoms with Gasteiger partial charge in [-0.1, -0.05) is 29.5 Å². The van der Waals surface area contributed by atoms with Crippen LogP contribution in [-0.4, -0.2) is 9.97 Å². The minimum Gasteiger partial charge on any atom is -0.308 e. The van der Waals surface area contributed by atoms with Crippen molar-refractivity contribution in [3.8, 4) is 0 Å². The van der Waals surface area contributed by atoms with Crippen molar-refractivity contribution in [1.82, 2.24) is 9.97 Å². The highest BCUT2D eigenvalue weighted by Gasteiger charge is 2.00. The van der Waals surface area contributed by atoms with Gasteiger partial charge < -0.3 is 5.43 Å². The van der Waals surface area contributed by atoms with Crippen LogP contribution in [0.25, 0.3) is 0 Å². The van der Waals surface area contributed by atoms with E-state index in [0.29, 0.717) is 5.82 Å². The van der Waals surface area contributed by atoms with Crippen molar-refractivity contribution in [3.63, 3.8) is 0 Å². The minimum atomic E-state index is 0.615. The maximum absolute atomic E-state index is 5.28. The third-order valence-electron chi connectivity index (χ3n) is 2.03. The molecule has 16 heavy (non-hydrogen) atoms. The lowest BCUT2D eigenvalue weighted by molar-refractivity contribution is 1.04. The smallest absolute Gasteiger partial charge is 0.144 e. The topological polar surface area (TPSA) is 63.8 Å². The quantitative estimate of drug-likeness (QED) is 0.482. The van der Waals surface area contributed by atoms with Crippen LogP contribution in [-0.2, 0) is 0 Å². The Kier molecular flexibility index (Phi) is 3.38. The monoisotopic (exact) mass is 232 g/mol. The van der Waals surface area contributed by atoms with Gasteiger partial charge in [-0.25, -0.2) is 15.8 Å². The van der Waals surface area contributed by atoms with Gasteiger partial charge in [-0.15, -0.1) is 0 Å². The van der Waals surface area contributed by atoms with Gasteiger partial charge in [0.15, 0.2) is 0 Å². The van der Waals surface area contributed by atoms with Crippen LogP contribution in [0.15, 0.2) is 46.6 Å². The first kappa shape index (κ1) is 10.9. The van der Waals surface area contributed by atoms with Gasteiger partial charge in [-0.3, -0.25) is 0 Å². The number of nitrogens with zero attached hydrogens (tertiary/aromatic N) is 2. The van der Waals surface area contributed by atoms with Crippen LogP contribution in [0.3, 0.4) is 0 Å². The van der Waals surface area contributed by atoms with E-state index in [1.807, 2.05) is 6.07 Å². The molecule has 0 fully saturated rings. The summed E-state index contributed by atoms with van der Waals surface area (Å²) in [5, 5.41) is 0.867. The summed E-state index contributed by atoms with van der Waals surface area (Å²) in [4.78, 5) is 9.26. The molecule has 1 heterocycles. The van der Waals surface area contributed by atoms with Gasteiger partial charge in [0.2, 0.25) is 0 Å². The highest BCUT2D eigenvalue weighted by atomic mass is 32.2.